The molecule has 3 aromatic heterocycles. The van der Waals surface area contributed by atoms with Crippen LogP contribution in [0.1, 0.15) is 27.2 Å². The Morgan fingerprint density at radius 3 is 2.51 bits per heavy atom. The molecule has 0 unspecified atom stereocenters. The summed E-state index contributed by atoms with van der Waals surface area (Å²) in [6, 6.07) is 21.6. The van der Waals surface area contributed by atoms with Gasteiger partial charge < -0.3 is 9.58 Å². The van der Waals surface area contributed by atoms with Gasteiger partial charge in [0.25, 0.3) is 12.5 Å². The van der Waals surface area contributed by atoms with Crippen LogP contribution in [0, 0.1) is 29.2 Å². The fourth-order valence-electron chi connectivity index (χ4n) is 3.97. The molecule has 0 atom stereocenters. The Balaban J connectivity index is 1.50. The number of nitrogens with one attached hydrogen (secondary N) is 1. The number of carbonyl (C=O) groups is 1. The number of anilines is 1. The fourth-order valence-corrected chi connectivity index (χ4v) is 4.80. The van der Waals surface area contributed by atoms with E-state index in [2.05, 4.69) is 37.3 Å². The highest BCUT2D eigenvalue weighted by Crippen LogP contribution is 2.35. The average molecular weight is 528 g/mol. The molecule has 39 heavy (non-hydrogen) atoms. The van der Waals surface area contributed by atoms with E-state index in [0.717, 1.165) is 11.3 Å². The first kappa shape index (κ1) is 25.0. The van der Waals surface area contributed by atoms with Gasteiger partial charge in [0.1, 0.15) is 21.8 Å². The van der Waals surface area contributed by atoms with Crippen molar-refractivity contribution in [3.8, 4) is 40.3 Å². The second-order valence-corrected chi connectivity index (χ2v) is 9.22. The average Bonchev–Trinajstić information content (AvgIpc) is 3.38. The lowest BCUT2D eigenvalue weighted by atomic mass is 9.97. The van der Waals surface area contributed by atoms with E-state index in [1.165, 1.54) is 24.6 Å². The molecule has 0 fully saturated rings. The van der Waals surface area contributed by atoms with Gasteiger partial charge in [0.2, 0.25) is 0 Å². The van der Waals surface area contributed by atoms with Crippen LogP contribution in [0.5, 0.6) is 5.75 Å². The highest BCUT2D eigenvalue weighted by molar-refractivity contribution is 7.22. The third kappa shape index (κ3) is 5.12. The molecule has 3 heterocycles. The van der Waals surface area contributed by atoms with Crippen LogP contribution in [-0.2, 0) is 6.54 Å². The van der Waals surface area contributed by atoms with Gasteiger partial charge in [-0.2, -0.15) is 10.5 Å². The van der Waals surface area contributed by atoms with E-state index in [4.69, 9.17) is 16.6 Å². The molecule has 0 saturated carbocycles. The number of nitrogens with zero attached hydrogens (tertiary/aromatic N) is 6. The van der Waals surface area contributed by atoms with E-state index < -0.39 is 5.91 Å². The van der Waals surface area contributed by atoms with Gasteiger partial charge in [-0.1, -0.05) is 23.5 Å². The van der Waals surface area contributed by atoms with Crippen LogP contribution in [-0.4, -0.2) is 28.0 Å². The zero-order valence-corrected chi connectivity index (χ0v) is 21.3. The second-order valence-electron chi connectivity index (χ2n) is 8.25. The van der Waals surface area contributed by atoms with E-state index in [-0.39, 0.29) is 12.1 Å². The molecule has 0 radical (unpaired) electrons. The SMILES string of the molecule is [C-]#[N+]Cc1cc(-c2cc(C#N)ccc2OC)c(C(=O)Nc2nc3ccc(-c4ccc(C#N)cc4)nc3s2)cn1. The molecule has 1 amide bonds. The van der Waals surface area contributed by atoms with Crippen molar-refractivity contribution in [2.24, 2.45) is 0 Å². The van der Waals surface area contributed by atoms with Crippen molar-refractivity contribution in [2.75, 3.05) is 12.4 Å². The van der Waals surface area contributed by atoms with Crippen molar-refractivity contribution in [2.45, 2.75) is 6.54 Å². The number of carbonyl (C=O) groups excluding carboxylic acids is 1. The monoisotopic (exact) mass is 527 g/mol. The van der Waals surface area contributed by atoms with Crippen LogP contribution in [0.4, 0.5) is 5.13 Å². The minimum atomic E-state index is -0.456. The van der Waals surface area contributed by atoms with Crippen LogP contribution in [0.25, 0.3) is 37.6 Å². The molecule has 0 aliphatic rings. The molecule has 0 bridgehead atoms. The molecule has 5 aromatic rings. The minimum Gasteiger partial charge on any atom is -0.496 e. The van der Waals surface area contributed by atoms with Gasteiger partial charge in [-0.05, 0) is 48.5 Å². The maximum atomic E-state index is 13.5. The van der Waals surface area contributed by atoms with Crippen molar-refractivity contribution in [1.82, 2.24) is 15.0 Å². The van der Waals surface area contributed by atoms with Gasteiger partial charge in [0.15, 0.2) is 5.13 Å². The maximum Gasteiger partial charge on any atom is 0.259 e. The summed E-state index contributed by atoms with van der Waals surface area (Å²) < 4.78 is 5.50. The van der Waals surface area contributed by atoms with Gasteiger partial charge in [-0.15, -0.1) is 0 Å². The summed E-state index contributed by atoms with van der Waals surface area (Å²) in [6.45, 7) is 7.24. The first-order chi connectivity index (χ1) is 19.0. The number of hydrogen-bond donors (Lipinski definition) is 1. The summed E-state index contributed by atoms with van der Waals surface area (Å²) in [7, 11) is 1.51. The number of benzene rings is 2. The Kier molecular flexibility index (Phi) is 6.92. The van der Waals surface area contributed by atoms with Crippen LogP contribution in [0.2, 0.25) is 0 Å². The zero-order chi connectivity index (χ0) is 27.4. The minimum absolute atomic E-state index is 0.0419. The highest BCUT2D eigenvalue weighted by atomic mass is 32.1. The van der Waals surface area contributed by atoms with E-state index in [9.17, 15) is 10.1 Å². The summed E-state index contributed by atoms with van der Waals surface area (Å²) in [5.41, 5.74) is 4.92. The molecule has 0 aliphatic heterocycles. The van der Waals surface area contributed by atoms with E-state index in [1.807, 2.05) is 24.3 Å². The first-order valence-electron chi connectivity index (χ1n) is 11.5. The lowest BCUT2D eigenvalue weighted by Crippen LogP contribution is -2.14. The Morgan fingerprint density at radius 2 is 1.79 bits per heavy atom. The topological polar surface area (TPSA) is 129 Å². The van der Waals surface area contributed by atoms with Crippen molar-refractivity contribution < 1.29 is 9.53 Å². The molecule has 9 nitrogen and oxygen atoms in total. The molecule has 1 N–H and O–H groups in total. The number of pyridine rings is 2. The summed E-state index contributed by atoms with van der Waals surface area (Å²) in [4.78, 5) is 31.0. The number of rotatable bonds is 6. The van der Waals surface area contributed by atoms with Gasteiger partial charge in [-0.25, -0.2) is 16.5 Å². The molecule has 5 rings (SSSR count). The summed E-state index contributed by atoms with van der Waals surface area (Å²) in [5.74, 6) is 0.0187. The molecule has 186 valence electrons. The van der Waals surface area contributed by atoms with Gasteiger partial charge in [-0.3, -0.25) is 15.1 Å². The number of amides is 1. The molecule has 0 saturated heterocycles. The first-order valence-corrected chi connectivity index (χ1v) is 12.3. The van der Waals surface area contributed by atoms with E-state index >= 15 is 0 Å². The van der Waals surface area contributed by atoms with Crippen molar-refractivity contribution in [3.05, 3.63) is 101 Å². The molecule has 0 aliphatic carbocycles. The smallest absolute Gasteiger partial charge is 0.259 e. The zero-order valence-electron chi connectivity index (χ0n) is 20.5. The number of methoxy groups -OCH3 is 1. The lowest BCUT2D eigenvalue weighted by molar-refractivity contribution is 0.102. The van der Waals surface area contributed by atoms with Gasteiger partial charge >= 0.3 is 0 Å². The summed E-state index contributed by atoms with van der Waals surface area (Å²) >= 11 is 1.23. The highest BCUT2D eigenvalue weighted by Gasteiger charge is 2.20. The summed E-state index contributed by atoms with van der Waals surface area (Å²) in [6.07, 6.45) is 1.41. The number of aromatic nitrogens is 3. The van der Waals surface area contributed by atoms with Crippen molar-refractivity contribution in [3.63, 3.8) is 0 Å². The summed E-state index contributed by atoms with van der Waals surface area (Å²) in [5, 5.41) is 21.6. The lowest BCUT2D eigenvalue weighted by Gasteiger charge is -2.13. The Bertz CT molecular complexity index is 1860. The standard InChI is InChI=1S/C29H17N7O2S/c1-32-15-20-12-21(22-11-18(14-31)5-10-26(22)38-2)23(16-33-20)27(37)36-29-35-25-9-8-24(34-28(25)39-29)19-6-3-17(13-30)4-7-19/h3-12,16H,15H2,2H3,(H,35,36,37). The normalized spacial score (nSPS) is 10.3. The van der Waals surface area contributed by atoms with Crippen LogP contribution >= 0.6 is 11.3 Å². The van der Waals surface area contributed by atoms with Crippen LogP contribution < -0.4 is 10.1 Å². The molecule has 0 spiro atoms. The fraction of sp³-hybridized carbons (Fsp3) is 0.0690. The molecule has 2 aromatic carbocycles. The van der Waals surface area contributed by atoms with Crippen molar-refractivity contribution in [1.29, 1.82) is 10.5 Å². The molecular formula is C29H17N7O2S. The van der Waals surface area contributed by atoms with Gasteiger partial charge in [0.05, 0.1) is 41.6 Å². The number of ether oxygens (including phenoxy) is 1. The Morgan fingerprint density at radius 1 is 1.03 bits per heavy atom. The van der Waals surface area contributed by atoms with Crippen molar-refractivity contribution >= 4 is 32.7 Å². The largest absolute Gasteiger partial charge is 0.496 e. The number of fused-ring (bicyclic) bond motifs is 1. The van der Waals surface area contributed by atoms with Gasteiger partial charge in [0, 0.05) is 22.9 Å². The van der Waals surface area contributed by atoms with Crippen LogP contribution in [0.15, 0.2) is 66.9 Å². The number of hydrogen-bond acceptors (Lipinski definition) is 8. The molecular weight excluding hydrogens is 510 g/mol. The third-order valence-electron chi connectivity index (χ3n) is 5.85. The third-order valence-corrected chi connectivity index (χ3v) is 6.73. The van der Waals surface area contributed by atoms with Crippen LogP contribution in [0.3, 0.4) is 0 Å². The Hall–Kier alpha value is -5.63. The number of thiazole rings is 1. The number of nitriles is 2. The quantitative estimate of drug-likeness (QED) is 0.275. The predicted octanol–water partition coefficient (Wildman–Crippen LogP) is 5.84. The molecule has 10 heteroatoms. The Labute approximate surface area is 227 Å². The second kappa shape index (κ2) is 10.8. The van der Waals surface area contributed by atoms with E-state index in [0.29, 0.717) is 49.2 Å². The van der Waals surface area contributed by atoms with E-state index in [1.54, 1.807) is 36.4 Å². The predicted molar refractivity (Wildman–Crippen MR) is 147 cm³/mol. The maximum absolute atomic E-state index is 13.5.